The molecule has 0 aliphatic carbocycles. The van der Waals surface area contributed by atoms with Gasteiger partial charge in [0.25, 0.3) is 5.91 Å². The molecule has 1 amide bonds. The summed E-state index contributed by atoms with van der Waals surface area (Å²) in [5.41, 5.74) is 1.85. The summed E-state index contributed by atoms with van der Waals surface area (Å²) >= 11 is 0. The maximum Gasteiger partial charge on any atom is 0.256 e. The van der Waals surface area contributed by atoms with E-state index in [1.54, 1.807) is 12.4 Å². The number of hydrogen-bond acceptors (Lipinski definition) is 2. The number of rotatable bonds is 1. The van der Waals surface area contributed by atoms with Gasteiger partial charge in [-0.3, -0.25) is 9.78 Å². The van der Waals surface area contributed by atoms with Crippen molar-refractivity contribution >= 4 is 5.91 Å². The van der Waals surface area contributed by atoms with E-state index in [0.29, 0.717) is 0 Å². The van der Waals surface area contributed by atoms with Crippen LogP contribution in [0.5, 0.6) is 0 Å². The van der Waals surface area contributed by atoms with E-state index in [9.17, 15) is 4.79 Å². The zero-order chi connectivity index (χ0) is 9.42. The molecule has 0 aromatic carbocycles. The highest BCUT2D eigenvalue weighted by molar-refractivity contribution is 5.98. The molecule has 2 rings (SSSR count). The predicted molar refractivity (Wildman–Crippen MR) is 49.2 cm³/mol. The van der Waals surface area contributed by atoms with Gasteiger partial charge in [-0.1, -0.05) is 0 Å². The second-order valence-corrected chi connectivity index (χ2v) is 3.56. The van der Waals surface area contributed by atoms with Crippen molar-refractivity contribution in [2.75, 3.05) is 0 Å². The van der Waals surface area contributed by atoms with Crippen molar-refractivity contribution in [2.45, 2.75) is 26.4 Å². The third kappa shape index (κ3) is 1.20. The van der Waals surface area contributed by atoms with Crippen LogP contribution in [0.1, 0.15) is 29.8 Å². The summed E-state index contributed by atoms with van der Waals surface area (Å²) in [4.78, 5) is 17.5. The highest BCUT2D eigenvalue weighted by atomic mass is 16.2. The number of carbonyl (C=O) groups is 1. The molecule has 1 aromatic rings. The Morgan fingerprint density at radius 2 is 2.31 bits per heavy atom. The van der Waals surface area contributed by atoms with Crippen LogP contribution in [0.2, 0.25) is 0 Å². The van der Waals surface area contributed by atoms with Crippen LogP contribution in [0.15, 0.2) is 18.5 Å². The summed E-state index contributed by atoms with van der Waals surface area (Å²) in [5, 5.41) is 0. The van der Waals surface area contributed by atoms with E-state index in [1.807, 2.05) is 24.8 Å². The van der Waals surface area contributed by atoms with E-state index in [2.05, 4.69) is 4.98 Å². The molecule has 3 heteroatoms. The minimum atomic E-state index is 0.109. The number of fused-ring (bicyclic) bond motifs is 1. The highest BCUT2D eigenvalue weighted by Crippen LogP contribution is 2.22. The van der Waals surface area contributed by atoms with Gasteiger partial charge in [0.2, 0.25) is 0 Å². The molecule has 68 valence electrons. The van der Waals surface area contributed by atoms with Gasteiger partial charge in [0.1, 0.15) is 0 Å². The topological polar surface area (TPSA) is 33.2 Å². The quantitative estimate of drug-likeness (QED) is 0.648. The van der Waals surface area contributed by atoms with Crippen molar-refractivity contribution < 1.29 is 4.79 Å². The van der Waals surface area contributed by atoms with E-state index < -0.39 is 0 Å². The van der Waals surface area contributed by atoms with Crippen LogP contribution in [0.4, 0.5) is 0 Å². The molecule has 1 aromatic heterocycles. The number of aromatic nitrogens is 1. The Balaban J connectivity index is 2.38. The van der Waals surface area contributed by atoms with Crippen molar-refractivity contribution in [3.63, 3.8) is 0 Å². The number of nitrogens with zero attached hydrogens (tertiary/aromatic N) is 2. The summed E-state index contributed by atoms with van der Waals surface area (Å²) in [5.74, 6) is 0.109. The summed E-state index contributed by atoms with van der Waals surface area (Å²) in [6.07, 6.45) is 3.38. The molecule has 0 saturated carbocycles. The minimum Gasteiger partial charge on any atom is -0.332 e. The first-order valence-corrected chi connectivity index (χ1v) is 4.44. The molecule has 0 N–H and O–H groups in total. The van der Waals surface area contributed by atoms with Crippen LogP contribution in [0.25, 0.3) is 0 Å². The normalized spacial score (nSPS) is 15.3. The SMILES string of the molecule is CC(C)N1Cc2ccncc2C1=O. The summed E-state index contributed by atoms with van der Waals surface area (Å²) in [7, 11) is 0. The van der Waals surface area contributed by atoms with Gasteiger partial charge >= 0.3 is 0 Å². The zero-order valence-corrected chi connectivity index (χ0v) is 7.82. The van der Waals surface area contributed by atoms with Gasteiger partial charge in [0, 0.05) is 25.0 Å². The minimum absolute atomic E-state index is 0.109. The van der Waals surface area contributed by atoms with Gasteiger partial charge in [-0.15, -0.1) is 0 Å². The van der Waals surface area contributed by atoms with Gasteiger partial charge in [0.05, 0.1) is 5.56 Å². The molecule has 1 aliphatic heterocycles. The van der Waals surface area contributed by atoms with Crippen LogP contribution in [0.3, 0.4) is 0 Å². The maximum absolute atomic E-state index is 11.7. The van der Waals surface area contributed by atoms with E-state index >= 15 is 0 Å². The second kappa shape index (κ2) is 2.83. The number of carbonyl (C=O) groups excluding carboxylic acids is 1. The van der Waals surface area contributed by atoms with E-state index in [0.717, 1.165) is 17.7 Å². The lowest BCUT2D eigenvalue weighted by atomic mass is 10.2. The average Bonchev–Trinajstić information content (AvgIpc) is 2.45. The Kier molecular flexibility index (Phi) is 1.79. The molecular formula is C10H12N2O. The molecule has 13 heavy (non-hydrogen) atoms. The van der Waals surface area contributed by atoms with Gasteiger partial charge in [-0.25, -0.2) is 0 Å². The van der Waals surface area contributed by atoms with Crippen molar-refractivity contribution in [3.8, 4) is 0 Å². The molecule has 2 heterocycles. The first-order valence-electron chi connectivity index (χ1n) is 4.44. The van der Waals surface area contributed by atoms with Crippen molar-refractivity contribution in [3.05, 3.63) is 29.6 Å². The first-order chi connectivity index (χ1) is 6.20. The summed E-state index contributed by atoms with van der Waals surface area (Å²) < 4.78 is 0. The fraction of sp³-hybridized carbons (Fsp3) is 0.400. The van der Waals surface area contributed by atoms with Crippen LogP contribution in [0, 0.1) is 0 Å². The highest BCUT2D eigenvalue weighted by Gasteiger charge is 2.28. The van der Waals surface area contributed by atoms with Crippen LogP contribution >= 0.6 is 0 Å². The van der Waals surface area contributed by atoms with Crippen molar-refractivity contribution in [1.29, 1.82) is 0 Å². The first kappa shape index (κ1) is 8.23. The van der Waals surface area contributed by atoms with E-state index in [4.69, 9.17) is 0 Å². The van der Waals surface area contributed by atoms with Crippen LogP contribution in [-0.2, 0) is 6.54 Å². The molecular weight excluding hydrogens is 164 g/mol. The lowest BCUT2D eigenvalue weighted by molar-refractivity contribution is 0.0730. The maximum atomic E-state index is 11.7. The van der Waals surface area contributed by atoms with Gasteiger partial charge in [0.15, 0.2) is 0 Å². The molecule has 0 radical (unpaired) electrons. The van der Waals surface area contributed by atoms with Crippen LogP contribution in [-0.4, -0.2) is 21.8 Å². The summed E-state index contributed by atoms with van der Waals surface area (Å²) in [6.45, 7) is 4.78. The summed E-state index contributed by atoms with van der Waals surface area (Å²) in [6, 6.07) is 2.18. The van der Waals surface area contributed by atoms with Gasteiger partial charge < -0.3 is 4.90 Å². The molecule has 0 spiro atoms. The Morgan fingerprint density at radius 3 is 2.92 bits per heavy atom. The lowest BCUT2D eigenvalue weighted by Crippen LogP contribution is -2.30. The molecule has 0 unspecified atom stereocenters. The largest absolute Gasteiger partial charge is 0.332 e. The average molecular weight is 176 g/mol. The van der Waals surface area contributed by atoms with Gasteiger partial charge in [-0.2, -0.15) is 0 Å². The molecule has 0 atom stereocenters. The Hall–Kier alpha value is -1.38. The second-order valence-electron chi connectivity index (χ2n) is 3.56. The Labute approximate surface area is 77.4 Å². The van der Waals surface area contributed by atoms with Gasteiger partial charge in [-0.05, 0) is 25.5 Å². The number of hydrogen-bond donors (Lipinski definition) is 0. The fourth-order valence-corrected chi connectivity index (χ4v) is 1.58. The predicted octanol–water partition coefficient (Wildman–Crippen LogP) is 1.45. The smallest absolute Gasteiger partial charge is 0.256 e. The molecule has 0 fully saturated rings. The molecule has 0 saturated heterocycles. The fourth-order valence-electron chi connectivity index (χ4n) is 1.58. The molecule has 1 aliphatic rings. The lowest BCUT2D eigenvalue weighted by Gasteiger charge is -2.19. The number of amides is 1. The molecule has 3 nitrogen and oxygen atoms in total. The third-order valence-electron chi connectivity index (χ3n) is 2.37. The Bertz CT molecular complexity index is 347. The molecule has 0 bridgehead atoms. The van der Waals surface area contributed by atoms with Crippen LogP contribution < -0.4 is 0 Å². The van der Waals surface area contributed by atoms with E-state index in [1.165, 1.54) is 0 Å². The Morgan fingerprint density at radius 1 is 1.54 bits per heavy atom. The standard InChI is InChI=1S/C10H12N2O/c1-7(2)12-6-8-3-4-11-5-9(8)10(12)13/h3-5,7H,6H2,1-2H3. The van der Waals surface area contributed by atoms with Crippen molar-refractivity contribution in [2.24, 2.45) is 0 Å². The third-order valence-corrected chi connectivity index (χ3v) is 2.37. The zero-order valence-electron chi connectivity index (χ0n) is 7.82. The van der Waals surface area contributed by atoms with E-state index in [-0.39, 0.29) is 11.9 Å². The number of pyridine rings is 1. The monoisotopic (exact) mass is 176 g/mol. The van der Waals surface area contributed by atoms with Crippen molar-refractivity contribution in [1.82, 2.24) is 9.88 Å².